The van der Waals surface area contributed by atoms with Gasteiger partial charge in [-0.1, -0.05) is 26.7 Å². The maximum atomic E-state index is 12.5. The second-order valence-electron chi connectivity index (χ2n) is 4.96. The van der Waals surface area contributed by atoms with Crippen molar-refractivity contribution in [2.75, 3.05) is 13.1 Å². The van der Waals surface area contributed by atoms with Crippen molar-refractivity contribution in [1.82, 2.24) is 4.90 Å². The summed E-state index contributed by atoms with van der Waals surface area (Å²) in [6, 6.07) is 3.53. The van der Waals surface area contributed by atoms with Crippen LogP contribution in [0.3, 0.4) is 0 Å². The number of benzene rings is 1. The zero-order valence-corrected chi connectivity index (χ0v) is 12.5. The first-order valence-electron chi connectivity index (χ1n) is 7.27. The molecule has 21 heavy (non-hydrogen) atoms. The summed E-state index contributed by atoms with van der Waals surface area (Å²) in [7, 11) is 0. The molecule has 1 aromatic rings. The van der Waals surface area contributed by atoms with Crippen molar-refractivity contribution < 1.29 is 14.8 Å². The molecule has 6 nitrogen and oxygen atoms in total. The van der Waals surface area contributed by atoms with E-state index in [-0.39, 0.29) is 22.9 Å². The first kappa shape index (κ1) is 16.9. The lowest BCUT2D eigenvalue weighted by molar-refractivity contribution is -0.384. The zero-order valence-electron chi connectivity index (χ0n) is 12.5. The van der Waals surface area contributed by atoms with Crippen molar-refractivity contribution in [3.63, 3.8) is 0 Å². The molecule has 0 atom stereocenters. The van der Waals surface area contributed by atoms with Crippen LogP contribution in [0.1, 0.15) is 49.9 Å². The molecule has 0 fully saturated rings. The van der Waals surface area contributed by atoms with Crippen LogP contribution in [0.25, 0.3) is 0 Å². The van der Waals surface area contributed by atoms with Crippen molar-refractivity contribution in [3.8, 4) is 5.75 Å². The normalized spacial score (nSPS) is 10.4. The van der Waals surface area contributed by atoms with Gasteiger partial charge in [0.1, 0.15) is 5.75 Å². The summed E-state index contributed by atoms with van der Waals surface area (Å²) in [5.74, 6) is -0.568. The Labute approximate surface area is 124 Å². The fraction of sp³-hybridized carbons (Fsp3) is 0.533. The van der Waals surface area contributed by atoms with Crippen LogP contribution >= 0.6 is 0 Å². The molecule has 0 aliphatic carbocycles. The first-order valence-corrected chi connectivity index (χ1v) is 7.27. The number of nitrogens with zero attached hydrogens (tertiary/aromatic N) is 2. The average Bonchev–Trinajstić information content (AvgIpc) is 2.47. The molecule has 1 N–H and O–H groups in total. The van der Waals surface area contributed by atoms with Crippen LogP contribution in [-0.4, -0.2) is 33.9 Å². The number of phenolic OH excluding ortho intramolecular Hbond substituents is 1. The number of nitro groups is 1. The molecule has 1 amide bonds. The Morgan fingerprint density at radius 1 is 1.24 bits per heavy atom. The summed E-state index contributed by atoms with van der Waals surface area (Å²) in [4.78, 5) is 24.4. The predicted octanol–water partition coefficient (Wildman–Crippen LogP) is 3.34. The topological polar surface area (TPSA) is 83.7 Å². The predicted molar refractivity (Wildman–Crippen MR) is 80.5 cm³/mol. The van der Waals surface area contributed by atoms with E-state index in [0.29, 0.717) is 13.1 Å². The lowest BCUT2D eigenvalue weighted by Crippen LogP contribution is -2.33. The summed E-state index contributed by atoms with van der Waals surface area (Å²) in [6.07, 6.45) is 3.64. The Morgan fingerprint density at radius 2 is 1.81 bits per heavy atom. The lowest BCUT2D eigenvalue weighted by atomic mass is 10.1. The Kier molecular flexibility index (Phi) is 6.65. The molecule has 0 aliphatic rings. The highest BCUT2D eigenvalue weighted by atomic mass is 16.6. The monoisotopic (exact) mass is 294 g/mol. The fourth-order valence-corrected chi connectivity index (χ4v) is 1.99. The highest BCUT2D eigenvalue weighted by Crippen LogP contribution is 2.24. The Hall–Kier alpha value is -2.11. The van der Waals surface area contributed by atoms with E-state index in [2.05, 4.69) is 0 Å². The lowest BCUT2D eigenvalue weighted by Gasteiger charge is -2.22. The van der Waals surface area contributed by atoms with E-state index in [1.165, 1.54) is 12.1 Å². The van der Waals surface area contributed by atoms with Gasteiger partial charge in [-0.2, -0.15) is 0 Å². The maximum absolute atomic E-state index is 12.5. The van der Waals surface area contributed by atoms with Crippen LogP contribution in [0.5, 0.6) is 5.75 Å². The first-order chi connectivity index (χ1) is 10.0. The SMILES string of the molecule is CCCCN(CCCC)C(=O)c1cc([N+](=O)[O-])ccc1O. The number of phenols is 1. The summed E-state index contributed by atoms with van der Waals surface area (Å²) in [5.41, 5.74) is -0.196. The van der Waals surface area contributed by atoms with E-state index in [1.807, 2.05) is 13.8 Å². The van der Waals surface area contributed by atoms with Crippen LogP contribution < -0.4 is 0 Å². The standard InChI is InChI=1S/C15H22N2O4/c1-3-5-9-16(10-6-4-2)15(19)13-11-12(17(20)21)7-8-14(13)18/h7-8,11,18H,3-6,9-10H2,1-2H3. The molecular weight excluding hydrogens is 272 g/mol. The van der Waals surface area contributed by atoms with Crippen LogP contribution in [-0.2, 0) is 0 Å². The highest BCUT2D eigenvalue weighted by Gasteiger charge is 2.21. The van der Waals surface area contributed by atoms with Gasteiger partial charge in [0.2, 0.25) is 0 Å². The largest absolute Gasteiger partial charge is 0.507 e. The van der Waals surface area contributed by atoms with Crippen LogP contribution in [0.15, 0.2) is 18.2 Å². The smallest absolute Gasteiger partial charge is 0.270 e. The molecule has 0 radical (unpaired) electrons. The van der Waals surface area contributed by atoms with E-state index < -0.39 is 4.92 Å². The van der Waals surface area contributed by atoms with E-state index in [4.69, 9.17) is 0 Å². The molecule has 116 valence electrons. The van der Waals surface area contributed by atoms with E-state index in [9.17, 15) is 20.0 Å². The molecule has 1 aromatic carbocycles. The minimum atomic E-state index is -0.571. The van der Waals surface area contributed by atoms with Crippen molar-refractivity contribution in [2.24, 2.45) is 0 Å². The number of hydrogen-bond donors (Lipinski definition) is 1. The van der Waals surface area contributed by atoms with Gasteiger partial charge in [0.25, 0.3) is 11.6 Å². The molecule has 0 spiro atoms. The molecule has 0 aliphatic heterocycles. The second-order valence-corrected chi connectivity index (χ2v) is 4.96. The van der Waals surface area contributed by atoms with Crippen LogP contribution in [0, 0.1) is 10.1 Å². The summed E-state index contributed by atoms with van der Waals surface area (Å²) in [6.45, 7) is 5.26. The maximum Gasteiger partial charge on any atom is 0.270 e. The Balaban J connectivity index is 3.00. The number of non-ortho nitro benzene ring substituents is 1. The minimum absolute atomic E-state index is 0.00333. The Bertz CT molecular complexity index is 494. The number of carbonyl (C=O) groups is 1. The highest BCUT2D eigenvalue weighted by molar-refractivity contribution is 5.97. The molecule has 0 heterocycles. The summed E-state index contributed by atoms with van der Waals surface area (Å²) >= 11 is 0. The molecular formula is C15H22N2O4. The van der Waals surface area contributed by atoms with Gasteiger partial charge in [-0.3, -0.25) is 14.9 Å². The van der Waals surface area contributed by atoms with E-state index in [0.717, 1.165) is 31.7 Å². The quantitative estimate of drug-likeness (QED) is 0.588. The number of nitro benzene ring substituents is 1. The second kappa shape index (κ2) is 8.24. The average molecular weight is 294 g/mol. The van der Waals surface area contributed by atoms with Gasteiger partial charge in [-0.05, 0) is 18.9 Å². The van der Waals surface area contributed by atoms with Gasteiger partial charge in [0, 0.05) is 25.2 Å². The molecule has 1 rings (SSSR count). The van der Waals surface area contributed by atoms with E-state index >= 15 is 0 Å². The van der Waals surface area contributed by atoms with Gasteiger partial charge in [-0.25, -0.2) is 0 Å². The number of amides is 1. The number of rotatable bonds is 8. The van der Waals surface area contributed by atoms with Gasteiger partial charge in [0.05, 0.1) is 10.5 Å². The minimum Gasteiger partial charge on any atom is -0.507 e. The third-order valence-corrected chi connectivity index (χ3v) is 3.27. The fourth-order valence-electron chi connectivity index (χ4n) is 1.99. The summed E-state index contributed by atoms with van der Waals surface area (Å²) < 4.78 is 0. The molecule has 0 saturated heterocycles. The third-order valence-electron chi connectivity index (χ3n) is 3.27. The molecule has 0 aromatic heterocycles. The van der Waals surface area contributed by atoms with E-state index in [1.54, 1.807) is 4.90 Å². The number of carbonyl (C=O) groups excluding carboxylic acids is 1. The van der Waals surface area contributed by atoms with Crippen molar-refractivity contribution in [1.29, 1.82) is 0 Å². The molecule has 0 unspecified atom stereocenters. The van der Waals surface area contributed by atoms with Gasteiger partial charge < -0.3 is 10.0 Å². The number of hydrogen-bond acceptors (Lipinski definition) is 4. The van der Waals surface area contributed by atoms with Gasteiger partial charge in [0.15, 0.2) is 0 Å². The number of aromatic hydroxyl groups is 1. The Morgan fingerprint density at radius 3 is 2.29 bits per heavy atom. The van der Waals surface area contributed by atoms with Crippen LogP contribution in [0.4, 0.5) is 5.69 Å². The van der Waals surface area contributed by atoms with Gasteiger partial charge in [-0.15, -0.1) is 0 Å². The third kappa shape index (κ3) is 4.73. The van der Waals surface area contributed by atoms with Crippen molar-refractivity contribution >= 4 is 11.6 Å². The van der Waals surface area contributed by atoms with Crippen molar-refractivity contribution in [2.45, 2.75) is 39.5 Å². The molecule has 0 saturated carbocycles. The van der Waals surface area contributed by atoms with Crippen molar-refractivity contribution in [3.05, 3.63) is 33.9 Å². The number of unbranched alkanes of at least 4 members (excludes halogenated alkanes) is 2. The van der Waals surface area contributed by atoms with Crippen LogP contribution in [0.2, 0.25) is 0 Å². The molecule has 0 bridgehead atoms. The zero-order chi connectivity index (χ0) is 15.8. The molecule has 6 heteroatoms. The van der Waals surface area contributed by atoms with Gasteiger partial charge >= 0.3 is 0 Å². The summed E-state index contributed by atoms with van der Waals surface area (Å²) in [5, 5.41) is 20.6.